The van der Waals surface area contributed by atoms with E-state index in [1.807, 2.05) is 0 Å². The van der Waals surface area contributed by atoms with Gasteiger partial charge < -0.3 is 4.74 Å². The maximum atomic E-state index is 11.8. The van der Waals surface area contributed by atoms with E-state index in [0.717, 1.165) is 0 Å². The minimum Gasteiger partial charge on any atom is -0.469 e. The van der Waals surface area contributed by atoms with Crippen LogP contribution in [0, 0.1) is 5.92 Å². The molecule has 2 heterocycles. The molecule has 18 heavy (non-hydrogen) atoms. The number of amides is 1. The molecule has 1 aliphatic heterocycles. The average Bonchev–Trinajstić information content (AvgIpc) is 2.79. The molecule has 2 rings (SSSR count). The summed E-state index contributed by atoms with van der Waals surface area (Å²) in [5.74, 6) is -0.852. The third-order valence-electron chi connectivity index (χ3n) is 2.86. The van der Waals surface area contributed by atoms with Gasteiger partial charge in [-0.2, -0.15) is 0 Å². The molecule has 0 saturated carbocycles. The Hall–Kier alpha value is -2.24. The molecule has 0 aromatic carbocycles. The molecule has 6 nitrogen and oxygen atoms in total. The van der Waals surface area contributed by atoms with Crippen molar-refractivity contribution in [1.29, 1.82) is 0 Å². The van der Waals surface area contributed by atoms with Gasteiger partial charge in [-0.05, 0) is 12.1 Å². The maximum Gasteiger partial charge on any atom is 0.311 e. The van der Waals surface area contributed by atoms with Crippen LogP contribution in [0.3, 0.4) is 0 Å². The molecule has 1 saturated heterocycles. The number of anilines is 1. The first kappa shape index (κ1) is 12.2. The minimum absolute atomic E-state index is 0.0849. The lowest BCUT2D eigenvalue weighted by Crippen LogP contribution is -2.28. The van der Waals surface area contributed by atoms with Crippen molar-refractivity contribution in [2.75, 3.05) is 18.6 Å². The number of pyridine rings is 1. The zero-order valence-corrected chi connectivity index (χ0v) is 9.83. The highest BCUT2D eigenvalue weighted by molar-refractivity contribution is 6.01. The lowest BCUT2D eigenvalue weighted by Gasteiger charge is -2.16. The van der Waals surface area contributed by atoms with Crippen LogP contribution in [0.25, 0.3) is 0 Å². The fourth-order valence-electron chi connectivity index (χ4n) is 1.96. The van der Waals surface area contributed by atoms with Crippen molar-refractivity contribution in [3.63, 3.8) is 0 Å². The molecule has 94 valence electrons. The highest BCUT2D eigenvalue weighted by Gasteiger charge is 2.37. The van der Waals surface area contributed by atoms with Crippen molar-refractivity contribution in [2.24, 2.45) is 5.92 Å². The van der Waals surface area contributed by atoms with E-state index in [0.29, 0.717) is 17.7 Å². The molecule has 0 radical (unpaired) electrons. The average molecular weight is 248 g/mol. The molecule has 1 aromatic rings. The van der Waals surface area contributed by atoms with E-state index in [-0.39, 0.29) is 18.9 Å². The number of methoxy groups -OCH3 is 1. The Morgan fingerprint density at radius 1 is 1.61 bits per heavy atom. The quantitative estimate of drug-likeness (QED) is 0.572. The van der Waals surface area contributed by atoms with Gasteiger partial charge in [-0.25, -0.2) is 4.98 Å². The van der Waals surface area contributed by atoms with Crippen LogP contribution in [0.2, 0.25) is 0 Å². The molecule has 0 aliphatic carbocycles. The number of carbonyl (C=O) groups excluding carboxylic acids is 3. The molecule has 1 amide bonds. The molecule has 1 unspecified atom stereocenters. The minimum atomic E-state index is -0.496. The summed E-state index contributed by atoms with van der Waals surface area (Å²) in [7, 11) is 1.28. The van der Waals surface area contributed by atoms with Crippen molar-refractivity contribution in [2.45, 2.75) is 6.42 Å². The summed E-state index contributed by atoms with van der Waals surface area (Å²) in [6, 6.07) is 3.19. The molecule has 1 fully saturated rings. The summed E-state index contributed by atoms with van der Waals surface area (Å²) in [6.45, 7) is 0.198. The first-order chi connectivity index (χ1) is 8.67. The molecule has 1 atom stereocenters. The standard InChI is InChI=1S/C12H12N2O4/c1-18-12(17)9-5-10(16)14(6-9)11-8(7-15)3-2-4-13-11/h2-4,7,9H,5-6H2,1H3. The Labute approximate surface area is 104 Å². The van der Waals surface area contributed by atoms with Crippen LogP contribution >= 0.6 is 0 Å². The number of aromatic nitrogens is 1. The highest BCUT2D eigenvalue weighted by Crippen LogP contribution is 2.25. The Balaban J connectivity index is 2.27. The Bertz CT molecular complexity index is 501. The number of hydrogen-bond acceptors (Lipinski definition) is 5. The van der Waals surface area contributed by atoms with Crippen LogP contribution in [0.4, 0.5) is 5.82 Å². The number of carbonyl (C=O) groups is 3. The maximum absolute atomic E-state index is 11.8. The van der Waals surface area contributed by atoms with Gasteiger partial charge in [0.2, 0.25) is 5.91 Å². The number of rotatable bonds is 3. The lowest BCUT2D eigenvalue weighted by molar-refractivity contribution is -0.145. The number of ether oxygens (including phenoxy) is 1. The van der Waals surface area contributed by atoms with Crippen LogP contribution in [0.1, 0.15) is 16.8 Å². The van der Waals surface area contributed by atoms with Crippen LogP contribution in [-0.2, 0) is 14.3 Å². The monoisotopic (exact) mass is 248 g/mol. The summed E-state index contributed by atoms with van der Waals surface area (Å²) < 4.78 is 4.62. The van der Waals surface area contributed by atoms with Crippen molar-refractivity contribution in [1.82, 2.24) is 4.98 Å². The molecule has 1 aliphatic rings. The van der Waals surface area contributed by atoms with Gasteiger partial charge in [0.25, 0.3) is 0 Å². The topological polar surface area (TPSA) is 76.6 Å². The smallest absolute Gasteiger partial charge is 0.311 e. The summed E-state index contributed by atoms with van der Waals surface area (Å²) in [6.07, 6.45) is 2.23. The van der Waals surface area contributed by atoms with E-state index < -0.39 is 11.9 Å². The number of hydrogen-bond donors (Lipinski definition) is 0. The fourth-order valence-corrected chi connectivity index (χ4v) is 1.96. The van der Waals surface area contributed by atoms with Gasteiger partial charge >= 0.3 is 5.97 Å². The molecule has 0 spiro atoms. The van der Waals surface area contributed by atoms with E-state index >= 15 is 0 Å². The van der Waals surface area contributed by atoms with Crippen molar-refractivity contribution >= 4 is 24.0 Å². The summed E-state index contributed by atoms with van der Waals surface area (Å²) in [5, 5.41) is 0. The molecule has 0 N–H and O–H groups in total. The Morgan fingerprint density at radius 2 is 2.39 bits per heavy atom. The van der Waals surface area contributed by atoms with Gasteiger partial charge in [0.1, 0.15) is 5.82 Å². The summed E-state index contributed by atoms with van der Waals surface area (Å²) >= 11 is 0. The van der Waals surface area contributed by atoms with E-state index in [9.17, 15) is 14.4 Å². The van der Waals surface area contributed by atoms with E-state index in [2.05, 4.69) is 9.72 Å². The van der Waals surface area contributed by atoms with Gasteiger partial charge in [-0.1, -0.05) is 0 Å². The number of aldehydes is 1. The van der Waals surface area contributed by atoms with Crippen LogP contribution in [0.15, 0.2) is 18.3 Å². The number of esters is 1. The number of nitrogens with zero attached hydrogens (tertiary/aromatic N) is 2. The second-order valence-corrected chi connectivity index (χ2v) is 3.96. The van der Waals surface area contributed by atoms with Crippen molar-refractivity contribution in [3.8, 4) is 0 Å². The lowest BCUT2D eigenvalue weighted by atomic mass is 10.1. The first-order valence-electron chi connectivity index (χ1n) is 5.45. The predicted molar refractivity (Wildman–Crippen MR) is 62.1 cm³/mol. The zero-order chi connectivity index (χ0) is 13.1. The molecule has 6 heteroatoms. The Morgan fingerprint density at radius 3 is 3.06 bits per heavy atom. The van der Waals surface area contributed by atoms with Crippen molar-refractivity contribution < 1.29 is 19.1 Å². The van der Waals surface area contributed by atoms with E-state index in [1.165, 1.54) is 18.2 Å². The van der Waals surface area contributed by atoms with Gasteiger partial charge in [-0.3, -0.25) is 19.3 Å². The van der Waals surface area contributed by atoms with Crippen LogP contribution in [0.5, 0.6) is 0 Å². The van der Waals surface area contributed by atoms with Gasteiger partial charge in [-0.15, -0.1) is 0 Å². The summed E-state index contributed by atoms with van der Waals surface area (Å²) in [4.78, 5) is 39.5. The second-order valence-electron chi connectivity index (χ2n) is 3.96. The summed E-state index contributed by atoms with van der Waals surface area (Å²) in [5.41, 5.74) is 0.330. The van der Waals surface area contributed by atoms with E-state index in [1.54, 1.807) is 12.1 Å². The first-order valence-corrected chi connectivity index (χ1v) is 5.45. The Kier molecular flexibility index (Phi) is 3.36. The third-order valence-corrected chi connectivity index (χ3v) is 2.86. The molecule has 0 bridgehead atoms. The fraction of sp³-hybridized carbons (Fsp3) is 0.333. The second kappa shape index (κ2) is 4.95. The molecule has 1 aromatic heterocycles. The normalized spacial score (nSPS) is 18.8. The van der Waals surface area contributed by atoms with Crippen molar-refractivity contribution in [3.05, 3.63) is 23.9 Å². The van der Waals surface area contributed by atoms with Crippen LogP contribution < -0.4 is 4.90 Å². The zero-order valence-electron chi connectivity index (χ0n) is 9.83. The largest absolute Gasteiger partial charge is 0.469 e. The predicted octanol–water partition coefficient (Wildman–Crippen LogP) is 0.420. The third kappa shape index (κ3) is 2.09. The SMILES string of the molecule is COC(=O)C1CC(=O)N(c2ncccc2C=O)C1. The van der Waals surface area contributed by atoms with Gasteiger partial charge in [0, 0.05) is 19.2 Å². The highest BCUT2D eigenvalue weighted by atomic mass is 16.5. The van der Waals surface area contributed by atoms with Gasteiger partial charge in [0.15, 0.2) is 6.29 Å². The van der Waals surface area contributed by atoms with Gasteiger partial charge in [0.05, 0.1) is 18.6 Å². The molecular weight excluding hydrogens is 236 g/mol. The molecular formula is C12H12N2O4. The van der Waals surface area contributed by atoms with Crippen LogP contribution in [-0.4, -0.2) is 36.8 Å². The van der Waals surface area contributed by atoms with E-state index in [4.69, 9.17) is 0 Å².